The first-order chi connectivity index (χ1) is 12.3. The quantitative estimate of drug-likeness (QED) is 0.755. The van der Waals surface area contributed by atoms with Crippen molar-refractivity contribution in [1.82, 2.24) is 9.88 Å². The minimum atomic E-state index is -0.528. The monoisotopic (exact) mass is 355 g/mol. The van der Waals surface area contributed by atoms with E-state index in [9.17, 15) is 9.59 Å². The third kappa shape index (κ3) is 3.87. The van der Waals surface area contributed by atoms with Crippen molar-refractivity contribution in [1.29, 1.82) is 5.26 Å². The third-order valence-corrected chi connectivity index (χ3v) is 5.09. The number of nitrogens with zero attached hydrogens (tertiary/aromatic N) is 3. The predicted octanol–water partition coefficient (Wildman–Crippen LogP) is 3.70. The maximum absolute atomic E-state index is 12.9. The van der Waals surface area contributed by atoms with Crippen LogP contribution in [0, 0.1) is 17.2 Å². The molecule has 2 unspecified atom stereocenters. The lowest BCUT2D eigenvalue weighted by molar-refractivity contribution is -0.0261. The maximum Gasteiger partial charge on any atom is 0.410 e. The average Bonchev–Trinajstić information content (AvgIpc) is 2.58. The van der Waals surface area contributed by atoms with Gasteiger partial charge in [0.05, 0.1) is 11.6 Å². The summed E-state index contributed by atoms with van der Waals surface area (Å²) in [7, 11) is 0. The first-order valence-corrected chi connectivity index (χ1v) is 9.20. The largest absolute Gasteiger partial charge is 0.444 e. The molecule has 2 saturated heterocycles. The zero-order valence-electron chi connectivity index (χ0n) is 15.6. The van der Waals surface area contributed by atoms with E-state index in [0.29, 0.717) is 24.1 Å². The Morgan fingerprint density at radius 3 is 2.50 bits per heavy atom. The summed E-state index contributed by atoms with van der Waals surface area (Å²) < 4.78 is 5.58. The number of pyridine rings is 1. The lowest BCUT2D eigenvalue weighted by Gasteiger charge is -2.48. The number of ether oxygens (including phenoxy) is 1. The third-order valence-electron chi connectivity index (χ3n) is 5.09. The van der Waals surface area contributed by atoms with Crippen molar-refractivity contribution in [3.05, 3.63) is 29.6 Å². The van der Waals surface area contributed by atoms with Crippen LogP contribution in [0.5, 0.6) is 0 Å². The summed E-state index contributed by atoms with van der Waals surface area (Å²) in [5, 5.41) is 9.03. The number of hydrogen-bond donors (Lipinski definition) is 0. The highest BCUT2D eigenvalue weighted by Crippen LogP contribution is 2.39. The van der Waals surface area contributed by atoms with Crippen LogP contribution >= 0.6 is 0 Å². The van der Waals surface area contributed by atoms with Crippen molar-refractivity contribution in [2.24, 2.45) is 5.92 Å². The summed E-state index contributed by atoms with van der Waals surface area (Å²) in [5.74, 6) is -0.187. The van der Waals surface area contributed by atoms with Gasteiger partial charge in [-0.3, -0.25) is 9.78 Å². The molecule has 2 atom stereocenters. The molecule has 0 radical (unpaired) electrons. The van der Waals surface area contributed by atoms with Gasteiger partial charge < -0.3 is 9.64 Å². The van der Waals surface area contributed by atoms with Crippen LogP contribution in [-0.2, 0) is 4.74 Å². The van der Waals surface area contributed by atoms with E-state index >= 15 is 0 Å². The van der Waals surface area contributed by atoms with Crippen LogP contribution in [0.2, 0.25) is 0 Å². The summed E-state index contributed by atoms with van der Waals surface area (Å²) in [4.78, 5) is 31.5. The van der Waals surface area contributed by atoms with E-state index in [4.69, 9.17) is 10.00 Å². The Bertz CT molecular complexity index is 733. The molecule has 1 aromatic heterocycles. The van der Waals surface area contributed by atoms with Crippen LogP contribution in [0.4, 0.5) is 4.79 Å². The molecule has 0 aromatic carbocycles. The number of carbonyl (C=O) groups is 2. The Morgan fingerprint density at radius 1 is 1.27 bits per heavy atom. The minimum absolute atomic E-state index is 0.0251. The van der Waals surface area contributed by atoms with E-state index < -0.39 is 5.60 Å². The number of aromatic nitrogens is 1. The molecule has 0 spiro atoms. The number of hydrogen-bond acceptors (Lipinski definition) is 5. The number of Topliss-reactive ketones (excluding diaryl/α,β-unsaturated/α-hetero) is 1. The molecular weight excluding hydrogens is 330 g/mol. The first-order valence-electron chi connectivity index (χ1n) is 9.20. The van der Waals surface area contributed by atoms with E-state index in [2.05, 4.69) is 4.98 Å². The lowest BCUT2D eigenvalue weighted by atomic mass is 9.76. The van der Waals surface area contributed by atoms with Gasteiger partial charge in [-0.05, 0) is 65.0 Å². The van der Waals surface area contributed by atoms with Crippen molar-refractivity contribution in [3.8, 4) is 6.07 Å². The van der Waals surface area contributed by atoms with E-state index in [-0.39, 0.29) is 29.9 Å². The summed E-state index contributed by atoms with van der Waals surface area (Å²) in [6.07, 6.45) is 5.35. The summed E-state index contributed by atoms with van der Waals surface area (Å²) in [6, 6.07) is 5.26. The number of rotatable bonds is 2. The van der Waals surface area contributed by atoms with Crippen LogP contribution in [0.15, 0.2) is 18.3 Å². The second-order valence-electron chi connectivity index (χ2n) is 8.20. The predicted molar refractivity (Wildman–Crippen MR) is 95.5 cm³/mol. The molecular formula is C20H25N3O3. The van der Waals surface area contributed by atoms with Gasteiger partial charge in [-0.15, -0.1) is 0 Å². The molecule has 2 bridgehead atoms. The lowest BCUT2D eigenvalue weighted by Crippen LogP contribution is -2.56. The summed E-state index contributed by atoms with van der Waals surface area (Å²) >= 11 is 0. The Hall–Kier alpha value is -2.42. The van der Waals surface area contributed by atoms with Crippen molar-refractivity contribution in [2.75, 3.05) is 0 Å². The standard InChI is InChI=1S/C20H25N3O3/c1-20(2,3)26-19(25)23-15-5-4-6-16(23)11-14(10-15)18(24)17-9-13(12-21)7-8-22-17/h7-9,14-16H,4-6,10-11H2,1-3H3. The number of ketones is 1. The molecule has 1 aromatic rings. The molecule has 2 aliphatic rings. The highest BCUT2D eigenvalue weighted by Gasteiger charge is 2.44. The summed E-state index contributed by atoms with van der Waals surface area (Å²) in [6.45, 7) is 5.60. The van der Waals surface area contributed by atoms with Gasteiger partial charge in [-0.1, -0.05) is 0 Å². The molecule has 2 fully saturated rings. The van der Waals surface area contributed by atoms with Crippen LogP contribution < -0.4 is 0 Å². The topological polar surface area (TPSA) is 83.3 Å². The molecule has 1 amide bonds. The van der Waals surface area contributed by atoms with E-state index in [1.807, 2.05) is 31.7 Å². The van der Waals surface area contributed by atoms with Crippen molar-refractivity contribution in [2.45, 2.75) is 70.6 Å². The van der Waals surface area contributed by atoms with Gasteiger partial charge in [-0.25, -0.2) is 4.79 Å². The number of fused-ring (bicyclic) bond motifs is 2. The molecule has 6 nitrogen and oxygen atoms in total. The zero-order chi connectivity index (χ0) is 18.9. The SMILES string of the molecule is CC(C)(C)OC(=O)N1C2CCCC1CC(C(=O)c1cc(C#N)ccn1)C2. The molecule has 138 valence electrons. The Balaban J connectivity index is 1.76. The number of nitriles is 1. The second-order valence-corrected chi connectivity index (χ2v) is 8.20. The number of carbonyl (C=O) groups excluding carboxylic acids is 2. The first kappa shape index (κ1) is 18.4. The van der Waals surface area contributed by atoms with Gasteiger partial charge >= 0.3 is 6.09 Å². The molecule has 26 heavy (non-hydrogen) atoms. The van der Waals surface area contributed by atoms with Crippen LogP contribution in [0.25, 0.3) is 0 Å². The minimum Gasteiger partial charge on any atom is -0.444 e. The Morgan fingerprint density at radius 2 is 1.92 bits per heavy atom. The van der Waals surface area contributed by atoms with E-state index in [1.165, 1.54) is 6.20 Å². The fourth-order valence-electron chi connectivity index (χ4n) is 4.05. The van der Waals surface area contributed by atoms with E-state index in [1.54, 1.807) is 12.1 Å². The van der Waals surface area contributed by atoms with Gasteiger partial charge in [0.1, 0.15) is 11.3 Å². The van der Waals surface area contributed by atoms with Crippen LogP contribution in [-0.4, -0.2) is 39.4 Å². The molecule has 0 aliphatic carbocycles. The second kappa shape index (κ2) is 7.06. The van der Waals surface area contributed by atoms with Crippen molar-refractivity contribution < 1.29 is 14.3 Å². The zero-order valence-corrected chi connectivity index (χ0v) is 15.6. The highest BCUT2D eigenvalue weighted by molar-refractivity contribution is 5.96. The Kier molecular flexibility index (Phi) is 4.99. The smallest absolute Gasteiger partial charge is 0.410 e. The van der Waals surface area contributed by atoms with Gasteiger partial charge in [0.2, 0.25) is 0 Å². The van der Waals surface area contributed by atoms with Crippen molar-refractivity contribution >= 4 is 11.9 Å². The molecule has 3 rings (SSSR count). The molecule has 0 N–H and O–H groups in total. The van der Waals surface area contributed by atoms with Crippen molar-refractivity contribution in [3.63, 3.8) is 0 Å². The molecule has 2 aliphatic heterocycles. The summed E-state index contributed by atoms with van der Waals surface area (Å²) in [5.41, 5.74) is 0.257. The molecule has 3 heterocycles. The maximum atomic E-state index is 12.9. The Labute approximate surface area is 154 Å². The number of piperidine rings is 2. The van der Waals surface area contributed by atoms with Crippen LogP contribution in [0.1, 0.15) is 68.9 Å². The van der Waals surface area contributed by atoms with Gasteiger partial charge in [0.15, 0.2) is 5.78 Å². The highest BCUT2D eigenvalue weighted by atomic mass is 16.6. The molecule has 0 saturated carbocycles. The van der Waals surface area contributed by atoms with E-state index in [0.717, 1.165) is 19.3 Å². The average molecular weight is 355 g/mol. The fraction of sp³-hybridized carbons (Fsp3) is 0.600. The number of amides is 1. The van der Waals surface area contributed by atoms with Gasteiger partial charge in [-0.2, -0.15) is 5.26 Å². The van der Waals surface area contributed by atoms with Gasteiger partial charge in [0, 0.05) is 24.2 Å². The van der Waals surface area contributed by atoms with Crippen LogP contribution in [0.3, 0.4) is 0 Å². The van der Waals surface area contributed by atoms with Gasteiger partial charge in [0.25, 0.3) is 0 Å². The fourth-order valence-corrected chi connectivity index (χ4v) is 4.05. The molecule has 6 heteroatoms. The normalized spacial score (nSPS) is 25.3.